The Bertz CT molecular complexity index is 805. The second-order valence-electron chi connectivity index (χ2n) is 4.31. The number of oxazole rings is 1. The fourth-order valence-corrected chi connectivity index (χ4v) is 1.83. The van der Waals surface area contributed by atoms with Crippen LogP contribution in [0.5, 0.6) is 0 Å². The highest BCUT2D eigenvalue weighted by Gasteiger charge is 2.13. The summed E-state index contributed by atoms with van der Waals surface area (Å²) in [6, 6.07) is 8.23. The lowest BCUT2D eigenvalue weighted by molar-refractivity contribution is -0.114. The normalized spacial score (nSPS) is 10.5. The van der Waals surface area contributed by atoms with Crippen LogP contribution in [0.25, 0.3) is 11.1 Å². The largest absolute Gasteiger partial charge is 0.459 e. The predicted octanol–water partition coefficient (Wildman–Crippen LogP) is 2.63. The van der Waals surface area contributed by atoms with Crippen LogP contribution in [-0.4, -0.2) is 16.8 Å². The van der Waals surface area contributed by atoms with Crippen LogP contribution in [0.3, 0.4) is 0 Å². The molecule has 0 saturated heterocycles. The average molecular weight is 285 g/mol. The molecule has 7 nitrogen and oxygen atoms in total. The van der Waals surface area contributed by atoms with E-state index in [1.54, 1.807) is 24.3 Å². The Kier molecular flexibility index (Phi) is 3.15. The Morgan fingerprint density at radius 2 is 2.05 bits per heavy atom. The summed E-state index contributed by atoms with van der Waals surface area (Å²) in [7, 11) is 0. The first-order valence-corrected chi connectivity index (χ1v) is 6.15. The monoisotopic (exact) mass is 285 g/mol. The van der Waals surface area contributed by atoms with Crippen molar-refractivity contribution in [3.05, 3.63) is 42.4 Å². The van der Waals surface area contributed by atoms with Crippen molar-refractivity contribution >= 4 is 34.6 Å². The fourth-order valence-electron chi connectivity index (χ4n) is 1.83. The first kappa shape index (κ1) is 12.9. The minimum absolute atomic E-state index is 0.0615. The number of hydrogen-bond acceptors (Lipinski definition) is 5. The summed E-state index contributed by atoms with van der Waals surface area (Å²) in [5, 5.41) is 5.14. The molecule has 0 spiro atoms. The molecule has 0 aliphatic heterocycles. The number of anilines is 2. The number of furan rings is 1. The molecule has 0 fully saturated rings. The average Bonchev–Trinajstić information content (AvgIpc) is 3.05. The summed E-state index contributed by atoms with van der Waals surface area (Å²) in [6.07, 6.45) is 1.40. The molecule has 0 aliphatic carbocycles. The first-order valence-electron chi connectivity index (χ1n) is 6.15. The topological polar surface area (TPSA) is 97.4 Å². The van der Waals surface area contributed by atoms with Gasteiger partial charge in [0, 0.05) is 18.7 Å². The van der Waals surface area contributed by atoms with Gasteiger partial charge < -0.3 is 14.2 Å². The highest BCUT2D eigenvalue weighted by Crippen LogP contribution is 2.23. The molecule has 0 radical (unpaired) electrons. The lowest BCUT2D eigenvalue weighted by Gasteiger charge is -1.99. The van der Waals surface area contributed by atoms with E-state index >= 15 is 0 Å². The maximum absolute atomic E-state index is 11.8. The second kappa shape index (κ2) is 5.12. The Labute approximate surface area is 118 Å². The molecule has 2 N–H and O–H groups in total. The molecule has 21 heavy (non-hydrogen) atoms. The molecule has 2 amide bonds. The summed E-state index contributed by atoms with van der Waals surface area (Å²) >= 11 is 0. The highest BCUT2D eigenvalue weighted by atomic mass is 16.4. The number of nitrogens with one attached hydrogen (secondary N) is 2. The van der Waals surface area contributed by atoms with E-state index in [1.807, 2.05) is 0 Å². The van der Waals surface area contributed by atoms with E-state index in [-0.39, 0.29) is 17.7 Å². The van der Waals surface area contributed by atoms with Crippen LogP contribution in [0.15, 0.2) is 45.4 Å². The number of amides is 2. The number of nitrogens with zero attached hydrogens (tertiary/aromatic N) is 1. The first-order chi connectivity index (χ1) is 10.1. The molecular weight excluding hydrogens is 274 g/mol. The van der Waals surface area contributed by atoms with E-state index in [0.29, 0.717) is 16.8 Å². The van der Waals surface area contributed by atoms with Crippen molar-refractivity contribution < 1.29 is 18.4 Å². The van der Waals surface area contributed by atoms with Crippen molar-refractivity contribution in [1.82, 2.24) is 4.98 Å². The number of fused-ring (bicyclic) bond motifs is 1. The summed E-state index contributed by atoms with van der Waals surface area (Å²) < 4.78 is 10.4. The third-order valence-corrected chi connectivity index (χ3v) is 2.67. The zero-order valence-electron chi connectivity index (χ0n) is 11.0. The third-order valence-electron chi connectivity index (χ3n) is 2.67. The molecule has 0 saturated carbocycles. The van der Waals surface area contributed by atoms with Gasteiger partial charge in [-0.3, -0.25) is 14.9 Å². The second-order valence-corrected chi connectivity index (χ2v) is 4.31. The van der Waals surface area contributed by atoms with Crippen molar-refractivity contribution in [1.29, 1.82) is 0 Å². The van der Waals surface area contributed by atoms with Crippen LogP contribution >= 0.6 is 0 Å². The molecule has 3 aromatic rings. The molecule has 106 valence electrons. The number of carbonyl (C=O) groups is 2. The van der Waals surface area contributed by atoms with Crippen LogP contribution in [0, 0.1) is 0 Å². The van der Waals surface area contributed by atoms with E-state index < -0.39 is 5.91 Å². The smallest absolute Gasteiger partial charge is 0.302 e. The zero-order chi connectivity index (χ0) is 14.8. The van der Waals surface area contributed by atoms with E-state index in [1.165, 1.54) is 19.3 Å². The van der Waals surface area contributed by atoms with Gasteiger partial charge in [-0.05, 0) is 24.3 Å². The molecule has 2 aromatic heterocycles. The fraction of sp³-hybridized carbons (Fsp3) is 0.0714. The number of hydrogen-bond donors (Lipinski definition) is 2. The minimum atomic E-state index is -0.450. The predicted molar refractivity (Wildman–Crippen MR) is 75.0 cm³/mol. The molecule has 0 atom stereocenters. The Balaban J connectivity index is 1.84. The lowest BCUT2D eigenvalue weighted by Crippen LogP contribution is -2.10. The third kappa shape index (κ3) is 2.76. The molecule has 7 heteroatoms. The van der Waals surface area contributed by atoms with Crippen molar-refractivity contribution in [2.24, 2.45) is 0 Å². The Morgan fingerprint density at radius 3 is 2.76 bits per heavy atom. The molecule has 3 rings (SSSR count). The lowest BCUT2D eigenvalue weighted by atomic mass is 10.3. The van der Waals surface area contributed by atoms with Gasteiger partial charge in [-0.1, -0.05) is 0 Å². The summed E-state index contributed by atoms with van der Waals surface area (Å²) in [5.74, 6) is -0.468. The van der Waals surface area contributed by atoms with E-state index in [4.69, 9.17) is 8.83 Å². The van der Waals surface area contributed by atoms with Crippen LogP contribution in [0.1, 0.15) is 17.5 Å². The van der Waals surface area contributed by atoms with Crippen molar-refractivity contribution in [3.63, 3.8) is 0 Å². The SMILES string of the molecule is CC(=O)Nc1ccc2nc(NC(=O)c3ccco3)oc2c1. The van der Waals surface area contributed by atoms with Crippen LogP contribution in [-0.2, 0) is 4.79 Å². The highest BCUT2D eigenvalue weighted by molar-refractivity contribution is 6.01. The maximum atomic E-state index is 11.8. The van der Waals surface area contributed by atoms with Gasteiger partial charge in [0.25, 0.3) is 5.91 Å². The molecule has 0 aliphatic rings. The van der Waals surface area contributed by atoms with Crippen molar-refractivity contribution in [3.8, 4) is 0 Å². The summed E-state index contributed by atoms with van der Waals surface area (Å²) in [5.41, 5.74) is 1.62. The van der Waals surface area contributed by atoms with Gasteiger partial charge in [-0.2, -0.15) is 4.98 Å². The number of rotatable bonds is 3. The van der Waals surface area contributed by atoms with Gasteiger partial charge in [0.05, 0.1) is 6.26 Å². The van der Waals surface area contributed by atoms with Gasteiger partial charge in [0.1, 0.15) is 5.52 Å². The van der Waals surface area contributed by atoms with Gasteiger partial charge in [0.2, 0.25) is 5.91 Å². The van der Waals surface area contributed by atoms with Crippen LogP contribution < -0.4 is 10.6 Å². The summed E-state index contributed by atoms with van der Waals surface area (Å²) in [4.78, 5) is 26.9. The van der Waals surface area contributed by atoms with Gasteiger partial charge in [-0.15, -0.1) is 0 Å². The minimum Gasteiger partial charge on any atom is -0.459 e. The van der Waals surface area contributed by atoms with Gasteiger partial charge in [-0.25, -0.2) is 0 Å². The number of benzene rings is 1. The van der Waals surface area contributed by atoms with Crippen molar-refractivity contribution in [2.45, 2.75) is 6.92 Å². The maximum Gasteiger partial charge on any atom is 0.302 e. The van der Waals surface area contributed by atoms with E-state index in [0.717, 1.165) is 0 Å². The molecular formula is C14H11N3O4. The summed E-state index contributed by atoms with van der Waals surface area (Å²) in [6.45, 7) is 1.42. The van der Waals surface area contributed by atoms with Crippen LogP contribution in [0.2, 0.25) is 0 Å². The standard InChI is InChI=1S/C14H11N3O4/c1-8(18)15-9-4-5-10-12(7-9)21-14(16-10)17-13(19)11-3-2-6-20-11/h2-7H,1H3,(H,15,18)(H,16,17,19). The molecule has 0 bridgehead atoms. The van der Waals surface area contributed by atoms with E-state index in [2.05, 4.69) is 15.6 Å². The molecule has 0 unspecified atom stereocenters. The van der Waals surface area contributed by atoms with Crippen LogP contribution in [0.4, 0.5) is 11.7 Å². The van der Waals surface area contributed by atoms with Gasteiger partial charge in [0.15, 0.2) is 11.3 Å². The quantitative estimate of drug-likeness (QED) is 0.771. The number of aromatic nitrogens is 1. The van der Waals surface area contributed by atoms with E-state index in [9.17, 15) is 9.59 Å². The Hall–Kier alpha value is -3.09. The molecule has 2 heterocycles. The Morgan fingerprint density at radius 1 is 1.19 bits per heavy atom. The number of carbonyl (C=O) groups excluding carboxylic acids is 2. The van der Waals surface area contributed by atoms with Gasteiger partial charge >= 0.3 is 6.01 Å². The van der Waals surface area contributed by atoms with Crippen molar-refractivity contribution in [2.75, 3.05) is 10.6 Å². The zero-order valence-corrected chi connectivity index (χ0v) is 11.0. The molecule has 1 aromatic carbocycles.